The molecular formula is C14H14N2O3. The lowest BCUT2D eigenvalue weighted by Gasteiger charge is -2.06. The second kappa shape index (κ2) is 5.86. The van der Waals surface area contributed by atoms with E-state index in [1.165, 1.54) is 7.11 Å². The molecule has 19 heavy (non-hydrogen) atoms. The molecule has 0 bridgehead atoms. The minimum absolute atomic E-state index is 0.357. The minimum atomic E-state index is -0.357. The van der Waals surface area contributed by atoms with Crippen LogP contribution in [0.25, 0.3) is 0 Å². The number of benzene rings is 1. The van der Waals surface area contributed by atoms with Crippen molar-refractivity contribution in [2.24, 2.45) is 0 Å². The van der Waals surface area contributed by atoms with Crippen molar-refractivity contribution in [1.29, 1.82) is 0 Å². The van der Waals surface area contributed by atoms with Crippen LogP contribution in [0, 0.1) is 0 Å². The van der Waals surface area contributed by atoms with Gasteiger partial charge >= 0.3 is 5.97 Å². The van der Waals surface area contributed by atoms with Crippen molar-refractivity contribution in [3.8, 4) is 5.88 Å². The van der Waals surface area contributed by atoms with E-state index in [9.17, 15) is 4.79 Å². The van der Waals surface area contributed by atoms with Crippen molar-refractivity contribution in [3.05, 3.63) is 53.6 Å². The highest BCUT2D eigenvalue weighted by Gasteiger charge is 2.04. The van der Waals surface area contributed by atoms with Crippen LogP contribution in [-0.4, -0.2) is 18.1 Å². The third-order valence-corrected chi connectivity index (χ3v) is 2.51. The minimum Gasteiger partial charge on any atom is -0.473 e. The molecule has 0 saturated heterocycles. The maximum absolute atomic E-state index is 11.3. The summed E-state index contributed by atoms with van der Waals surface area (Å²) >= 11 is 0. The van der Waals surface area contributed by atoms with Crippen LogP contribution in [-0.2, 0) is 11.3 Å². The number of ether oxygens (including phenoxy) is 2. The SMILES string of the molecule is COC(=O)c1ccc(COc2cccc(N)n2)cc1. The second-order valence-corrected chi connectivity index (χ2v) is 3.88. The number of hydrogen-bond acceptors (Lipinski definition) is 5. The number of hydrogen-bond donors (Lipinski definition) is 1. The number of carbonyl (C=O) groups excluding carboxylic acids is 1. The summed E-state index contributed by atoms with van der Waals surface area (Å²) < 4.78 is 10.1. The van der Waals surface area contributed by atoms with E-state index in [4.69, 9.17) is 10.5 Å². The highest BCUT2D eigenvalue weighted by molar-refractivity contribution is 5.89. The fourth-order valence-electron chi connectivity index (χ4n) is 1.52. The van der Waals surface area contributed by atoms with E-state index >= 15 is 0 Å². The molecule has 2 N–H and O–H groups in total. The summed E-state index contributed by atoms with van der Waals surface area (Å²) in [6.07, 6.45) is 0. The molecule has 0 atom stereocenters. The quantitative estimate of drug-likeness (QED) is 0.849. The number of nitrogens with two attached hydrogens (primary N) is 1. The molecule has 0 radical (unpaired) electrons. The summed E-state index contributed by atoms with van der Waals surface area (Å²) in [4.78, 5) is 15.3. The molecular weight excluding hydrogens is 244 g/mol. The van der Waals surface area contributed by atoms with Crippen LogP contribution in [0.3, 0.4) is 0 Å². The van der Waals surface area contributed by atoms with Gasteiger partial charge in [-0.05, 0) is 23.8 Å². The van der Waals surface area contributed by atoms with Crippen LogP contribution in [0.15, 0.2) is 42.5 Å². The molecule has 0 aliphatic rings. The summed E-state index contributed by atoms with van der Waals surface area (Å²) in [5.74, 6) is 0.528. The first kappa shape index (κ1) is 12.9. The molecule has 2 aromatic rings. The van der Waals surface area contributed by atoms with Gasteiger partial charge in [0.1, 0.15) is 12.4 Å². The average molecular weight is 258 g/mol. The van der Waals surface area contributed by atoms with Crippen molar-refractivity contribution in [2.75, 3.05) is 12.8 Å². The Balaban J connectivity index is 1.98. The zero-order valence-electron chi connectivity index (χ0n) is 10.5. The van der Waals surface area contributed by atoms with Gasteiger partial charge in [-0.25, -0.2) is 4.79 Å². The molecule has 0 amide bonds. The number of anilines is 1. The van der Waals surface area contributed by atoms with Gasteiger partial charge in [-0.2, -0.15) is 4.98 Å². The Hall–Kier alpha value is -2.56. The smallest absolute Gasteiger partial charge is 0.337 e. The molecule has 5 nitrogen and oxygen atoms in total. The first-order valence-electron chi connectivity index (χ1n) is 5.71. The number of methoxy groups -OCH3 is 1. The average Bonchev–Trinajstić information content (AvgIpc) is 2.45. The Labute approximate surface area is 111 Å². The van der Waals surface area contributed by atoms with E-state index in [2.05, 4.69) is 9.72 Å². The third-order valence-electron chi connectivity index (χ3n) is 2.51. The molecule has 0 spiro atoms. The number of carbonyl (C=O) groups is 1. The Kier molecular flexibility index (Phi) is 3.97. The second-order valence-electron chi connectivity index (χ2n) is 3.88. The first-order chi connectivity index (χ1) is 9.19. The predicted molar refractivity (Wildman–Crippen MR) is 70.8 cm³/mol. The van der Waals surface area contributed by atoms with Crippen LogP contribution in [0.5, 0.6) is 5.88 Å². The van der Waals surface area contributed by atoms with E-state index in [1.54, 1.807) is 42.5 Å². The number of aromatic nitrogens is 1. The lowest BCUT2D eigenvalue weighted by atomic mass is 10.1. The number of nitrogens with zero attached hydrogens (tertiary/aromatic N) is 1. The summed E-state index contributed by atoms with van der Waals surface area (Å²) in [6, 6.07) is 12.2. The maximum Gasteiger partial charge on any atom is 0.337 e. The lowest BCUT2D eigenvalue weighted by molar-refractivity contribution is 0.0600. The zero-order valence-corrected chi connectivity index (χ0v) is 10.5. The van der Waals surface area contributed by atoms with Gasteiger partial charge in [-0.3, -0.25) is 0 Å². The number of nitrogen functional groups attached to an aromatic ring is 1. The molecule has 1 aromatic heterocycles. The number of pyridine rings is 1. The fourth-order valence-corrected chi connectivity index (χ4v) is 1.52. The predicted octanol–water partition coefficient (Wildman–Crippen LogP) is 2.03. The number of esters is 1. The van der Waals surface area contributed by atoms with Gasteiger partial charge in [0.15, 0.2) is 0 Å². The highest BCUT2D eigenvalue weighted by atomic mass is 16.5. The Morgan fingerprint density at radius 1 is 1.21 bits per heavy atom. The van der Waals surface area contributed by atoms with Crippen LogP contribution in [0.4, 0.5) is 5.82 Å². The molecule has 98 valence electrons. The van der Waals surface area contributed by atoms with E-state index < -0.39 is 0 Å². The van der Waals surface area contributed by atoms with Crippen molar-refractivity contribution in [3.63, 3.8) is 0 Å². The van der Waals surface area contributed by atoms with Gasteiger partial charge in [-0.15, -0.1) is 0 Å². The van der Waals surface area contributed by atoms with E-state index in [0.717, 1.165) is 5.56 Å². The molecule has 0 fully saturated rings. The topological polar surface area (TPSA) is 74.4 Å². The fraction of sp³-hybridized carbons (Fsp3) is 0.143. The van der Waals surface area contributed by atoms with Crippen molar-refractivity contribution in [1.82, 2.24) is 4.98 Å². The van der Waals surface area contributed by atoms with Gasteiger partial charge in [0.05, 0.1) is 12.7 Å². The van der Waals surface area contributed by atoms with E-state index in [1.807, 2.05) is 0 Å². The maximum atomic E-state index is 11.3. The zero-order chi connectivity index (χ0) is 13.7. The molecule has 0 saturated carbocycles. The molecule has 0 aliphatic heterocycles. The van der Waals surface area contributed by atoms with Crippen LogP contribution < -0.4 is 10.5 Å². The molecule has 2 rings (SSSR count). The van der Waals surface area contributed by atoms with Crippen LogP contribution >= 0.6 is 0 Å². The Morgan fingerprint density at radius 2 is 1.95 bits per heavy atom. The van der Waals surface area contributed by atoms with Crippen LogP contribution in [0.1, 0.15) is 15.9 Å². The Morgan fingerprint density at radius 3 is 2.58 bits per heavy atom. The van der Waals surface area contributed by atoms with Crippen LogP contribution in [0.2, 0.25) is 0 Å². The largest absolute Gasteiger partial charge is 0.473 e. The number of rotatable bonds is 4. The normalized spacial score (nSPS) is 9.95. The molecule has 0 unspecified atom stereocenters. The van der Waals surface area contributed by atoms with E-state index in [0.29, 0.717) is 23.9 Å². The van der Waals surface area contributed by atoms with Gasteiger partial charge in [0, 0.05) is 6.07 Å². The summed E-state index contributed by atoms with van der Waals surface area (Å²) in [6.45, 7) is 0.359. The molecule has 5 heteroatoms. The third kappa shape index (κ3) is 3.45. The summed E-state index contributed by atoms with van der Waals surface area (Å²) in [5.41, 5.74) is 6.99. The van der Waals surface area contributed by atoms with Gasteiger partial charge in [-0.1, -0.05) is 18.2 Å². The van der Waals surface area contributed by atoms with Gasteiger partial charge in [0.25, 0.3) is 0 Å². The van der Waals surface area contributed by atoms with Crippen molar-refractivity contribution >= 4 is 11.8 Å². The summed E-state index contributed by atoms with van der Waals surface area (Å²) in [7, 11) is 1.35. The highest BCUT2D eigenvalue weighted by Crippen LogP contribution is 2.12. The van der Waals surface area contributed by atoms with Crippen molar-refractivity contribution in [2.45, 2.75) is 6.61 Å². The van der Waals surface area contributed by atoms with E-state index in [-0.39, 0.29) is 5.97 Å². The molecule has 0 aliphatic carbocycles. The van der Waals surface area contributed by atoms with Crippen molar-refractivity contribution < 1.29 is 14.3 Å². The van der Waals surface area contributed by atoms with Gasteiger partial charge in [0.2, 0.25) is 5.88 Å². The molecule has 1 aromatic carbocycles. The monoisotopic (exact) mass is 258 g/mol. The first-order valence-corrected chi connectivity index (χ1v) is 5.71. The lowest BCUT2D eigenvalue weighted by Crippen LogP contribution is -2.02. The summed E-state index contributed by atoms with van der Waals surface area (Å²) in [5, 5.41) is 0. The van der Waals surface area contributed by atoms with Gasteiger partial charge < -0.3 is 15.2 Å². The Bertz CT molecular complexity index is 567. The molecule has 1 heterocycles. The standard InChI is InChI=1S/C14H14N2O3/c1-18-14(17)11-7-5-10(6-8-11)9-19-13-4-2-3-12(15)16-13/h2-8H,9H2,1H3,(H2,15,16).